The van der Waals surface area contributed by atoms with Crippen LogP contribution < -0.4 is 5.73 Å². The summed E-state index contributed by atoms with van der Waals surface area (Å²) < 4.78 is 0. The highest BCUT2D eigenvalue weighted by Crippen LogP contribution is 2.00. The van der Waals surface area contributed by atoms with Gasteiger partial charge in [0, 0.05) is 5.75 Å². The van der Waals surface area contributed by atoms with Crippen LogP contribution in [0.5, 0.6) is 0 Å². The topological polar surface area (TPSA) is 53.1 Å². The Kier molecular flexibility index (Phi) is 18.1. The third-order valence-corrected chi connectivity index (χ3v) is 1.81. The first-order valence-electron chi connectivity index (χ1n) is 3.24. The lowest BCUT2D eigenvalue weighted by atomic mass is 10.5. The summed E-state index contributed by atoms with van der Waals surface area (Å²) in [4.78, 5) is 2.13. The van der Waals surface area contributed by atoms with E-state index in [1.165, 1.54) is 11.8 Å². The summed E-state index contributed by atoms with van der Waals surface area (Å²) in [5.41, 5.74) is 5.14. The van der Waals surface area contributed by atoms with Crippen LogP contribution in [0.2, 0.25) is 0 Å². The largest absolute Gasteiger partial charge is 0.379 e. The number of amidine groups is 1. The quantitative estimate of drug-likeness (QED) is 0.471. The molecule has 0 aliphatic heterocycles. The number of hydrogen-bond acceptors (Lipinski definition) is 3. The fourth-order valence-electron chi connectivity index (χ4n) is 0.563. The van der Waals surface area contributed by atoms with E-state index in [4.69, 9.17) is 11.1 Å². The number of nitrogens with two attached hydrogens (primary N) is 1. The van der Waals surface area contributed by atoms with Crippen molar-refractivity contribution in [3.8, 4) is 0 Å². The molecule has 0 bridgehead atoms. The molecule has 3 N–H and O–H groups in total. The predicted molar refractivity (Wildman–Crippen MR) is 68.2 cm³/mol. The molecule has 0 saturated carbocycles. The van der Waals surface area contributed by atoms with Crippen LogP contribution in [0, 0.1) is 5.41 Å². The van der Waals surface area contributed by atoms with Gasteiger partial charge in [0.25, 0.3) is 0 Å². The zero-order valence-electron chi connectivity index (χ0n) is 7.37. The number of halogens is 2. The molecule has 0 unspecified atom stereocenters. The summed E-state index contributed by atoms with van der Waals surface area (Å²) in [5, 5.41) is 7.13. The van der Waals surface area contributed by atoms with Crippen LogP contribution in [0.15, 0.2) is 0 Å². The third-order valence-electron chi connectivity index (χ3n) is 1.01. The average molecular weight is 323 g/mol. The van der Waals surface area contributed by atoms with Crippen molar-refractivity contribution in [2.75, 3.05) is 26.4 Å². The van der Waals surface area contributed by atoms with Crippen LogP contribution in [-0.2, 0) is 0 Å². The SMILES string of the molecule is Br.Br.CN(C)CCCSC(=N)N. The zero-order chi connectivity index (χ0) is 7.98. The summed E-state index contributed by atoms with van der Waals surface area (Å²) in [6.07, 6.45) is 1.09. The molecule has 0 aliphatic rings. The molecule has 0 aromatic rings. The van der Waals surface area contributed by atoms with Crippen molar-refractivity contribution in [1.82, 2.24) is 4.90 Å². The molecule has 76 valence electrons. The second-order valence-corrected chi connectivity index (χ2v) is 3.51. The van der Waals surface area contributed by atoms with Gasteiger partial charge in [-0.05, 0) is 27.1 Å². The Hall–Kier alpha value is 0.740. The number of nitrogens with zero attached hydrogens (tertiary/aromatic N) is 1. The molecule has 6 heteroatoms. The Balaban J connectivity index is -0.000000405. The maximum atomic E-state index is 6.91. The van der Waals surface area contributed by atoms with Gasteiger partial charge in [-0.25, -0.2) is 0 Å². The lowest BCUT2D eigenvalue weighted by Gasteiger charge is -2.07. The van der Waals surface area contributed by atoms with Crippen molar-refractivity contribution in [1.29, 1.82) is 5.41 Å². The molecule has 12 heavy (non-hydrogen) atoms. The second kappa shape index (κ2) is 11.7. The molecule has 0 saturated heterocycles. The summed E-state index contributed by atoms with van der Waals surface area (Å²) in [7, 11) is 4.08. The van der Waals surface area contributed by atoms with Crippen molar-refractivity contribution in [2.45, 2.75) is 6.42 Å². The van der Waals surface area contributed by atoms with E-state index >= 15 is 0 Å². The van der Waals surface area contributed by atoms with Crippen LogP contribution in [-0.4, -0.2) is 36.5 Å². The Labute approximate surface area is 99.5 Å². The number of nitrogens with one attached hydrogen (secondary N) is 1. The van der Waals surface area contributed by atoms with E-state index in [0.717, 1.165) is 18.7 Å². The zero-order valence-corrected chi connectivity index (χ0v) is 11.6. The standard InChI is InChI=1S/C6H15N3S.2BrH/c1-9(2)4-3-5-10-6(7)8;;/h3-5H2,1-2H3,(H3,7,8);2*1H. The van der Waals surface area contributed by atoms with Crippen LogP contribution >= 0.6 is 45.7 Å². The summed E-state index contributed by atoms with van der Waals surface area (Å²) >= 11 is 1.41. The number of hydrogen-bond donors (Lipinski definition) is 2. The van der Waals surface area contributed by atoms with E-state index in [1.54, 1.807) is 0 Å². The molecule has 0 aromatic carbocycles. The first-order chi connectivity index (χ1) is 4.63. The van der Waals surface area contributed by atoms with Crippen molar-refractivity contribution < 1.29 is 0 Å². The fourth-order valence-corrected chi connectivity index (χ4v) is 1.06. The Morgan fingerprint density at radius 1 is 1.42 bits per heavy atom. The van der Waals surface area contributed by atoms with Gasteiger partial charge in [0.1, 0.15) is 0 Å². The molecule has 3 nitrogen and oxygen atoms in total. The minimum Gasteiger partial charge on any atom is -0.379 e. The van der Waals surface area contributed by atoms with E-state index in [1.807, 2.05) is 14.1 Å². The predicted octanol–water partition coefficient (Wildman–Crippen LogP) is 1.72. The second-order valence-electron chi connectivity index (χ2n) is 2.37. The van der Waals surface area contributed by atoms with Gasteiger partial charge in [0.05, 0.1) is 0 Å². The molecule has 0 fully saturated rings. The van der Waals surface area contributed by atoms with Crippen LogP contribution in [0.4, 0.5) is 0 Å². The van der Waals surface area contributed by atoms with Crippen LogP contribution in [0.1, 0.15) is 6.42 Å². The highest BCUT2D eigenvalue weighted by atomic mass is 79.9. The molecule has 0 radical (unpaired) electrons. The first kappa shape index (κ1) is 18.5. The highest BCUT2D eigenvalue weighted by Gasteiger charge is 1.92. The fraction of sp³-hybridized carbons (Fsp3) is 0.833. The van der Waals surface area contributed by atoms with Crippen molar-refractivity contribution in [2.24, 2.45) is 5.73 Å². The minimum absolute atomic E-state index is 0. The lowest BCUT2D eigenvalue weighted by molar-refractivity contribution is 0.410. The van der Waals surface area contributed by atoms with E-state index in [9.17, 15) is 0 Å². The molecule has 0 aromatic heterocycles. The molecule has 0 rings (SSSR count). The number of thioether (sulfide) groups is 1. The van der Waals surface area contributed by atoms with Crippen LogP contribution in [0.25, 0.3) is 0 Å². The minimum atomic E-state index is 0. The summed E-state index contributed by atoms with van der Waals surface area (Å²) in [5.74, 6) is 0.952. The Morgan fingerprint density at radius 3 is 2.25 bits per heavy atom. The number of rotatable bonds is 4. The van der Waals surface area contributed by atoms with E-state index in [2.05, 4.69) is 4.90 Å². The van der Waals surface area contributed by atoms with Gasteiger partial charge in [-0.15, -0.1) is 34.0 Å². The molecule has 0 heterocycles. The smallest absolute Gasteiger partial charge is 0.151 e. The van der Waals surface area contributed by atoms with Gasteiger partial charge in [-0.1, -0.05) is 11.8 Å². The van der Waals surface area contributed by atoms with Gasteiger partial charge in [-0.3, -0.25) is 5.41 Å². The summed E-state index contributed by atoms with van der Waals surface area (Å²) in [6, 6.07) is 0. The van der Waals surface area contributed by atoms with E-state index in [0.29, 0.717) is 0 Å². The monoisotopic (exact) mass is 321 g/mol. The van der Waals surface area contributed by atoms with Crippen LogP contribution in [0.3, 0.4) is 0 Å². The Bertz CT molecular complexity index is 111. The van der Waals surface area contributed by atoms with Gasteiger partial charge in [0.2, 0.25) is 0 Å². The maximum absolute atomic E-state index is 6.91. The molecular weight excluding hydrogens is 306 g/mol. The Morgan fingerprint density at radius 2 is 1.92 bits per heavy atom. The van der Waals surface area contributed by atoms with Gasteiger partial charge >= 0.3 is 0 Å². The van der Waals surface area contributed by atoms with Gasteiger partial charge in [0.15, 0.2) is 5.17 Å². The van der Waals surface area contributed by atoms with Gasteiger partial charge < -0.3 is 10.6 Å². The average Bonchev–Trinajstić information content (AvgIpc) is 1.79. The van der Waals surface area contributed by atoms with Crippen molar-refractivity contribution in [3.05, 3.63) is 0 Å². The molecular formula is C6H17Br2N3S. The third kappa shape index (κ3) is 17.0. The summed E-state index contributed by atoms with van der Waals surface area (Å²) in [6.45, 7) is 1.07. The maximum Gasteiger partial charge on any atom is 0.151 e. The molecule has 0 atom stereocenters. The molecule has 0 aliphatic carbocycles. The lowest BCUT2D eigenvalue weighted by Crippen LogP contribution is -2.14. The molecule has 0 amide bonds. The highest BCUT2D eigenvalue weighted by molar-refractivity contribution is 8.93. The normalized spacial score (nSPS) is 8.58. The van der Waals surface area contributed by atoms with E-state index < -0.39 is 0 Å². The first-order valence-corrected chi connectivity index (χ1v) is 4.23. The van der Waals surface area contributed by atoms with E-state index in [-0.39, 0.29) is 39.1 Å². The van der Waals surface area contributed by atoms with Crippen molar-refractivity contribution >= 4 is 50.9 Å². The van der Waals surface area contributed by atoms with Gasteiger partial charge in [-0.2, -0.15) is 0 Å². The van der Waals surface area contributed by atoms with Crippen molar-refractivity contribution in [3.63, 3.8) is 0 Å². The molecule has 0 spiro atoms.